The van der Waals surface area contributed by atoms with Gasteiger partial charge in [-0.3, -0.25) is 0 Å². The van der Waals surface area contributed by atoms with E-state index in [4.69, 9.17) is 4.74 Å². The molecule has 1 aromatic carbocycles. The Hall–Kier alpha value is -0.580. The number of rotatable bonds is 6. The maximum Gasteiger partial charge on any atom is 0.0608 e. The lowest BCUT2D eigenvalue weighted by atomic mass is 10.0. The highest BCUT2D eigenvalue weighted by Crippen LogP contribution is 2.31. The van der Waals surface area contributed by atoms with Gasteiger partial charge in [0.1, 0.15) is 0 Å². The molecule has 0 amide bonds. The topological polar surface area (TPSA) is 24.5 Å². The molecule has 1 aliphatic heterocycles. The molecule has 0 aliphatic carbocycles. The molecule has 1 heterocycles. The molecule has 0 radical (unpaired) electrons. The van der Waals surface area contributed by atoms with Gasteiger partial charge in [-0.25, -0.2) is 0 Å². The molecule has 0 saturated carbocycles. The molecule has 4 heteroatoms. The van der Waals surface area contributed by atoms with Crippen LogP contribution in [0.2, 0.25) is 0 Å². The Morgan fingerprint density at radius 2 is 2.05 bits per heavy atom. The number of nitrogens with one attached hydrogen (secondary N) is 1. The van der Waals surface area contributed by atoms with E-state index in [0.717, 1.165) is 43.6 Å². The van der Waals surface area contributed by atoms with Crippen molar-refractivity contribution in [3.05, 3.63) is 28.2 Å². The zero-order valence-corrected chi connectivity index (χ0v) is 14.9. The molecule has 1 aromatic rings. The van der Waals surface area contributed by atoms with Gasteiger partial charge in [0, 0.05) is 35.9 Å². The fraction of sp³-hybridized carbons (Fsp3) is 0.647. The van der Waals surface area contributed by atoms with Crippen LogP contribution in [-0.4, -0.2) is 32.3 Å². The maximum absolute atomic E-state index is 5.76. The van der Waals surface area contributed by atoms with Crippen molar-refractivity contribution in [3.63, 3.8) is 0 Å². The Bertz CT molecular complexity index is 444. The van der Waals surface area contributed by atoms with Crippen molar-refractivity contribution in [2.45, 2.75) is 45.8 Å². The fourth-order valence-electron chi connectivity index (χ4n) is 3.08. The number of halogens is 1. The first-order valence-electron chi connectivity index (χ1n) is 8.05. The van der Waals surface area contributed by atoms with Crippen LogP contribution in [0.1, 0.15) is 45.2 Å². The molecular formula is C17H27BrN2O. The number of hydrogen-bond donors (Lipinski definition) is 1. The van der Waals surface area contributed by atoms with Gasteiger partial charge < -0.3 is 15.0 Å². The molecule has 118 valence electrons. The van der Waals surface area contributed by atoms with Gasteiger partial charge in [-0.1, -0.05) is 22.9 Å². The lowest BCUT2D eigenvalue weighted by Gasteiger charge is -2.35. The number of nitrogens with zero attached hydrogens (tertiary/aromatic N) is 1. The van der Waals surface area contributed by atoms with Crippen LogP contribution in [0.15, 0.2) is 22.7 Å². The van der Waals surface area contributed by atoms with Gasteiger partial charge in [-0.2, -0.15) is 0 Å². The summed E-state index contributed by atoms with van der Waals surface area (Å²) < 4.78 is 6.90. The first kappa shape index (κ1) is 16.8. The molecule has 2 rings (SSSR count). The minimum Gasteiger partial charge on any atom is -0.378 e. The van der Waals surface area contributed by atoms with Gasteiger partial charge in [-0.05, 0) is 57.0 Å². The van der Waals surface area contributed by atoms with E-state index < -0.39 is 0 Å². The van der Waals surface area contributed by atoms with Crippen molar-refractivity contribution in [2.75, 3.05) is 31.1 Å². The molecule has 0 bridgehead atoms. The predicted molar refractivity (Wildman–Crippen MR) is 93.1 cm³/mol. The summed E-state index contributed by atoms with van der Waals surface area (Å²) in [5, 5.41) is 3.53. The van der Waals surface area contributed by atoms with Crippen LogP contribution in [0.25, 0.3) is 0 Å². The number of hydrogen-bond acceptors (Lipinski definition) is 3. The van der Waals surface area contributed by atoms with E-state index in [1.54, 1.807) is 0 Å². The zero-order valence-electron chi connectivity index (χ0n) is 13.4. The molecule has 1 N–H and O–H groups in total. The molecule has 3 nitrogen and oxygen atoms in total. The standard InChI is InChI=1S/C17H27BrN2O/c1-4-19-13(3)16-12-14(18)6-7-17(16)20-10-8-15(9-11-20)21-5-2/h6-7,12-13,15,19H,4-5,8-11H2,1-3H3. The summed E-state index contributed by atoms with van der Waals surface area (Å²) in [6.07, 6.45) is 2.69. The van der Waals surface area contributed by atoms with E-state index in [1.165, 1.54) is 11.3 Å². The van der Waals surface area contributed by atoms with Crippen molar-refractivity contribution < 1.29 is 4.74 Å². The minimum absolute atomic E-state index is 0.368. The Kier molecular flexibility index (Phi) is 6.52. The van der Waals surface area contributed by atoms with E-state index in [0.29, 0.717) is 12.1 Å². The van der Waals surface area contributed by atoms with Crippen LogP contribution in [0.5, 0.6) is 0 Å². The lowest BCUT2D eigenvalue weighted by molar-refractivity contribution is 0.0459. The fourth-order valence-corrected chi connectivity index (χ4v) is 3.45. The van der Waals surface area contributed by atoms with Crippen LogP contribution in [0, 0.1) is 0 Å². The summed E-state index contributed by atoms with van der Waals surface area (Å²) in [4.78, 5) is 2.51. The summed E-state index contributed by atoms with van der Waals surface area (Å²) in [5.74, 6) is 0. The SMILES string of the molecule is CCNC(C)c1cc(Br)ccc1N1CCC(OCC)CC1. The van der Waals surface area contributed by atoms with E-state index in [-0.39, 0.29) is 0 Å². The van der Waals surface area contributed by atoms with Crippen LogP contribution in [0.4, 0.5) is 5.69 Å². The van der Waals surface area contributed by atoms with Gasteiger partial charge in [0.25, 0.3) is 0 Å². The van der Waals surface area contributed by atoms with Crippen LogP contribution >= 0.6 is 15.9 Å². The van der Waals surface area contributed by atoms with E-state index in [9.17, 15) is 0 Å². The monoisotopic (exact) mass is 354 g/mol. The Balaban J connectivity index is 2.12. The smallest absolute Gasteiger partial charge is 0.0608 e. The summed E-state index contributed by atoms with van der Waals surface area (Å²) in [5.41, 5.74) is 2.74. The van der Waals surface area contributed by atoms with Crippen LogP contribution in [-0.2, 0) is 4.74 Å². The molecular weight excluding hydrogens is 328 g/mol. The highest BCUT2D eigenvalue weighted by molar-refractivity contribution is 9.10. The first-order chi connectivity index (χ1) is 10.2. The molecule has 1 atom stereocenters. The van der Waals surface area contributed by atoms with Gasteiger partial charge in [0.2, 0.25) is 0 Å². The third-order valence-electron chi connectivity index (χ3n) is 4.15. The average molecular weight is 355 g/mol. The molecule has 0 spiro atoms. The van der Waals surface area contributed by atoms with Crippen LogP contribution < -0.4 is 10.2 Å². The van der Waals surface area contributed by atoms with Crippen molar-refractivity contribution >= 4 is 21.6 Å². The normalized spacial score (nSPS) is 18.0. The molecule has 1 unspecified atom stereocenters. The summed E-state index contributed by atoms with van der Waals surface area (Å²) >= 11 is 3.60. The second-order valence-corrected chi connectivity index (χ2v) is 6.54. The van der Waals surface area contributed by atoms with E-state index in [2.05, 4.69) is 65.1 Å². The van der Waals surface area contributed by atoms with Gasteiger partial charge >= 0.3 is 0 Å². The predicted octanol–water partition coefficient (Wildman–Crippen LogP) is 4.12. The number of anilines is 1. The molecule has 1 fully saturated rings. The van der Waals surface area contributed by atoms with E-state index in [1.807, 2.05) is 0 Å². The second-order valence-electron chi connectivity index (χ2n) is 5.62. The summed E-state index contributed by atoms with van der Waals surface area (Å²) in [7, 11) is 0. The maximum atomic E-state index is 5.76. The molecule has 1 saturated heterocycles. The number of ether oxygens (including phenoxy) is 1. The Morgan fingerprint density at radius 1 is 1.33 bits per heavy atom. The summed E-state index contributed by atoms with van der Waals surface area (Å²) in [6, 6.07) is 7.00. The highest BCUT2D eigenvalue weighted by Gasteiger charge is 2.22. The van der Waals surface area contributed by atoms with Gasteiger partial charge in [-0.15, -0.1) is 0 Å². The van der Waals surface area contributed by atoms with Crippen molar-refractivity contribution in [2.24, 2.45) is 0 Å². The molecule has 21 heavy (non-hydrogen) atoms. The lowest BCUT2D eigenvalue weighted by Crippen LogP contribution is -2.38. The Labute approximate surface area is 137 Å². The molecule has 0 aromatic heterocycles. The second kappa shape index (κ2) is 8.16. The molecule has 1 aliphatic rings. The Morgan fingerprint density at radius 3 is 2.67 bits per heavy atom. The number of piperidine rings is 1. The van der Waals surface area contributed by atoms with Crippen LogP contribution in [0.3, 0.4) is 0 Å². The van der Waals surface area contributed by atoms with Crippen molar-refractivity contribution in [3.8, 4) is 0 Å². The first-order valence-corrected chi connectivity index (χ1v) is 8.84. The third kappa shape index (κ3) is 4.44. The quantitative estimate of drug-likeness (QED) is 0.831. The largest absolute Gasteiger partial charge is 0.378 e. The summed E-state index contributed by atoms with van der Waals surface area (Å²) in [6.45, 7) is 10.4. The average Bonchev–Trinajstić information content (AvgIpc) is 2.49. The zero-order chi connectivity index (χ0) is 15.2. The highest BCUT2D eigenvalue weighted by atomic mass is 79.9. The van der Waals surface area contributed by atoms with Crippen molar-refractivity contribution in [1.29, 1.82) is 0 Å². The van der Waals surface area contributed by atoms with Crippen molar-refractivity contribution in [1.82, 2.24) is 5.32 Å². The number of benzene rings is 1. The van der Waals surface area contributed by atoms with Gasteiger partial charge in [0.05, 0.1) is 6.10 Å². The van der Waals surface area contributed by atoms with E-state index >= 15 is 0 Å². The third-order valence-corrected chi connectivity index (χ3v) is 4.64. The minimum atomic E-state index is 0.368. The van der Waals surface area contributed by atoms with Gasteiger partial charge in [0.15, 0.2) is 0 Å².